The van der Waals surface area contributed by atoms with Crippen molar-refractivity contribution in [3.63, 3.8) is 0 Å². The first-order chi connectivity index (χ1) is 30.6. The molecule has 0 saturated carbocycles. The number of anilines is 2. The zero-order valence-corrected chi connectivity index (χ0v) is 37.7. The highest BCUT2D eigenvalue weighted by Crippen LogP contribution is 2.26. The molecular formula is C49H59Cl3N8O4. The molecule has 0 amide bonds. The molecule has 2 aliphatic heterocycles. The summed E-state index contributed by atoms with van der Waals surface area (Å²) < 4.78 is 5.74. The van der Waals surface area contributed by atoms with Crippen LogP contribution in [0.15, 0.2) is 85.5 Å². The number of ketones is 2. The van der Waals surface area contributed by atoms with E-state index in [1.807, 2.05) is 48.5 Å². The van der Waals surface area contributed by atoms with Gasteiger partial charge in [0.15, 0.2) is 11.6 Å². The summed E-state index contributed by atoms with van der Waals surface area (Å²) in [5, 5.41) is 13.3. The Morgan fingerprint density at radius 1 is 0.625 bits per heavy atom. The summed E-state index contributed by atoms with van der Waals surface area (Å²) in [6, 6.07) is 18.9. The van der Waals surface area contributed by atoms with Gasteiger partial charge in [0.05, 0.1) is 11.6 Å². The van der Waals surface area contributed by atoms with Gasteiger partial charge in [-0.3, -0.25) is 14.5 Å². The number of rotatable bonds is 14. The summed E-state index contributed by atoms with van der Waals surface area (Å²) in [6.07, 6.45) is 16.2. The molecule has 6 aromatic rings. The van der Waals surface area contributed by atoms with Gasteiger partial charge in [-0.05, 0) is 111 Å². The van der Waals surface area contributed by atoms with Gasteiger partial charge in [-0.1, -0.05) is 91.5 Å². The lowest BCUT2D eigenvalue weighted by atomic mass is 10.0. The maximum atomic E-state index is 12.6. The van der Waals surface area contributed by atoms with Crippen molar-refractivity contribution in [2.45, 2.75) is 71.6 Å². The Morgan fingerprint density at radius 3 is 1.59 bits per heavy atom. The molecule has 12 nitrogen and oxygen atoms in total. The molecule has 0 bridgehead atoms. The summed E-state index contributed by atoms with van der Waals surface area (Å²) in [5.41, 5.74) is 14.8. The van der Waals surface area contributed by atoms with Gasteiger partial charge in [0.1, 0.15) is 28.4 Å². The number of aromatic nitrogens is 4. The van der Waals surface area contributed by atoms with E-state index >= 15 is 0 Å². The Labute approximate surface area is 391 Å². The van der Waals surface area contributed by atoms with E-state index in [0.29, 0.717) is 72.6 Å². The van der Waals surface area contributed by atoms with Crippen LogP contribution < -0.4 is 16.2 Å². The number of carbonyl (C=O) groups excluding carboxylic acids is 2. The largest absolute Gasteiger partial charge is 0.475 e. The number of aryl methyl sites for hydroxylation is 2. The van der Waals surface area contributed by atoms with Crippen molar-refractivity contribution in [3.05, 3.63) is 123 Å². The van der Waals surface area contributed by atoms with Crippen molar-refractivity contribution >= 4 is 79.5 Å². The van der Waals surface area contributed by atoms with Gasteiger partial charge in [0, 0.05) is 72.6 Å². The summed E-state index contributed by atoms with van der Waals surface area (Å²) in [6.45, 7) is 7.24. The smallest absolute Gasteiger partial charge is 0.232 e. The summed E-state index contributed by atoms with van der Waals surface area (Å²) in [4.78, 5) is 45.9. The average Bonchev–Trinajstić information content (AvgIpc) is 3.30. The number of pyridine rings is 4. The second kappa shape index (κ2) is 25.5. The lowest BCUT2D eigenvalue weighted by molar-refractivity contribution is 0.0974. The normalized spacial score (nSPS) is 14.1. The number of hydrogen-bond donors (Lipinski definition) is 3. The second-order valence-corrected chi connectivity index (χ2v) is 16.9. The molecule has 64 heavy (non-hydrogen) atoms. The van der Waals surface area contributed by atoms with Gasteiger partial charge in [-0.25, -0.2) is 19.9 Å². The second-order valence-electron chi connectivity index (χ2n) is 15.7. The van der Waals surface area contributed by atoms with E-state index in [1.165, 1.54) is 57.8 Å². The number of nitrogens with zero attached hydrogens (tertiary/aromatic N) is 6. The molecule has 340 valence electrons. The van der Waals surface area contributed by atoms with Crippen LogP contribution in [0, 0.1) is 0 Å². The molecule has 2 fully saturated rings. The summed E-state index contributed by atoms with van der Waals surface area (Å²) in [7, 11) is 0. The van der Waals surface area contributed by atoms with E-state index in [0.717, 1.165) is 58.9 Å². The molecule has 0 unspecified atom stereocenters. The Balaban J connectivity index is 0.000000204. The van der Waals surface area contributed by atoms with Crippen molar-refractivity contribution in [3.8, 4) is 5.88 Å². The fourth-order valence-corrected chi connectivity index (χ4v) is 8.14. The maximum Gasteiger partial charge on any atom is 0.232 e. The fourth-order valence-electron chi connectivity index (χ4n) is 7.65. The number of piperidine rings is 2. The third-order valence-electron chi connectivity index (χ3n) is 11.2. The van der Waals surface area contributed by atoms with Gasteiger partial charge < -0.3 is 26.2 Å². The van der Waals surface area contributed by atoms with E-state index in [-0.39, 0.29) is 29.2 Å². The van der Waals surface area contributed by atoms with E-state index in [2.05, 4.69) is 29.7 Å². The minimum absolute atomic E-state index is 0. The molecule has 2 aromatic carbocycles. The quantitative estimate of drug-likeness (QED) is 0.0698. The summed E-state index contributed by atoms with van der Waals surface area (Å²) in [5.74, 6) is 1.39. The predicted octanol–water partition coefficient (Wildman–Crippen LogP) is 9.98. The van der Waals surface area contributed by atoms with Crippen molar-refractivity contribution in [1.29, 1.82) is 0 Å². The van der Waals surface area contributed by atoms with E-state index in [4.69, 9.17) is 56.1 Å². The lowest BCUT2D eigenvalue weighted by Crippen LogP contribution is -2.33. The van der Waals surface area contributed by atoms with E-state index < -0.39 is 0 Å². The Kier molecular flexibility index (Phi) is 20.0. The average molecular weight is 930 g/mol. The van der Waals surface area contributed by atoms with Gasteiger partial charge in [0.2, 0.25) is 5.88 Å². The number of halogens is 3. The third kappa shape index (κ3) is 14.8. The highest BCUT2D eigenvalue weighted by molar-refractivity contribution is 6.41. The Morgan fingerprint density at radius 2 is 1.11 bits per heavy atom. The minimum Gasteiger partial charge on any atom is -0.475 e. The maximum absolute atomic E-state index is 12.6. The molecule has 2 saturated heterocycles. The Hall–Kier alpha value is -4.95. The zero-order chi connectivity index (χ0) is 44.6. The molecule has 4 aromatic heterocycles. The Bertz CT molecular complexity index is 2460. The van der Waals surface area contributed by atoms with Crippen molar-refractivity contribution in [2.24, 2.45) is 0 Å². The van der Waals surface area contributed by atoms with Gasteiger partial charge in [0.25, 0.3) is 0 Å². The highest BCUT2D eigenvalue weighted by atomic mass is 35.5. The van der Waals surface area contributed by atoms with Crippen LogP contribution in [0.1, 0.15) is 90.6 Å². The van der Waals surface area contributed by atoms with Crippen LogP contribution >= 0.6 is 34.8 Å². The molecule has 0 atom stereocenters. The first kappa shape index (κ1) is 50.1. The predicted molar refractivity (Wildman–Crippen MR) is 261 cm³/mol. The molecular weight excluding hydrogens is 871 g/mol. The third-order valence-corrected chi connectivity index (χ3v) is 12.2. The number of aliphatic hydroxyl groups excluding tert-OH is 1. The monoisotopic (exact) mass is 928 g/mol. The SMILES string of the molecule is C.Nc1nccc2cc(CCC(=O)c3cnc(Cl)c(Cl)c3)ccc12.Nc1nccc2cc(CCC(=O)c3cnc(OCCN4CCCCC4)c(Cl)c3)ccc12.OCCN1CCCCC1. The lowest BCUT2D eigenvalue weighted by Gasteiger charge is -2.26. The number of hydrogen-bond acceptors (Lipinski definition) is 12. The fraction of sp³-hybridized carbons (Fsp3) is 0.388. The molecule has 0 radical (unpaired) electrons. The standard InChI is InChI=1S/C24H27ClN4O2.C17H13Cl2N3O.C7H15NO.CH4/c25-21-15-19(16-28-24(21)31-13-12-29-10-2-1-3-11-29)22(30)7-5-17-4-6-20-18(14-17)8-9-27-23(20)26;18-14-8-12(9-22-16(14)19)15(23)4-2-10-1-3-13-11(7-10)5-6-21-17(13)20;9-7-6-8-4-2-1-3-5-8;/h4,6,8-9,14-16H,1-3,5,7,10-13H2,(H2,26,27);1,3,5-9H,2,4H2,(H2,20,21);9H,1-7H2;1H4. The number of ether oxygens (including phenoxy) is 1. The number of Topliss-reactive ketones (excluding diaryl/α,β-unsaturated/α-hetero) is 2. The molecule has 6 heterocycles. The van der Waals surface area contributed by atoms with Crippen LogP contribution in [0.5, 0.6) is 5.88 Å². The van der Waals surface area contributed by atoms with Crippen LogP contribution in [0.25, 0.3) is 21.5 Å². The number of nitrogen functional groups attached to an aromatic ring is 2. The van der Waals surface area contributed by atoms with Gasteiger partial charge >= 0.3 is 0 Å². The number of aliphatic hydroxyl groups is 1. The molecule has 0 aliphatic carbocycles. The van der Waals surface area contributed by atoms with Crippen LogP contribution in [0.2, 0.25) is 15.2 Å². The number of likely N-dealkylation sites (tertiary alicyclic amines) is 2. The number of carbonyl (C=O) groups is 2. The molecule has 8 rings (SSSR count). The molecule has 15 heteroatoms. The van der Waals surface area contributed by atoms with Crippen LogP contribution in [-0.2, 0) is 12.8 Å². The topological polar surface area (TPSA) is 174 Å². The zero-order valence-electron chi connectivity index (χ0n) is 35.5. The molecule has 5 N–H and O–H groups in total. The number of benzene rings is 2. The first-order valence-electron chi connectivity index (χ1n) is 21.6. The van der Waals surface area contributed by atoms with Crippen molar-refractivity contribution in [2.75, 3.05) is 63.9 Å². The number of β-amino-alcohol motifs (C(OH)–C–C–N with tert-alkyl or cyclic N) is 1. The minimum atomic E-state index is -0.0228. The van der Waals surface area contributed by atoms with E-state index in [9.17, 15) is 9.59 Å². The summed E-state index contributed by atoms with van der Waals surface area (Å²) >= 11 is 18.0. The van der Waals surface area contributed by atoms with Crippen molar-refractivity contribution < 1.29 is 19.4 Å². The number of fused-ring (bicyclic) bond motifs is 2. The van der Waals surface area contributed by atoms with Crippen LogP contribution in [0.3, 0.4) is 0 Å². The molecule has 0 spiro atoms. The molecule has 2 aliphatic rings. The van der Waals surface area contributed by atoms with E-state index in [1.54, 1.807) is 30.7 Å². The van der Waals surface area contributed by atoms with Gasteiger partial charge in [-0.2, -0.15) is 0 Å². The van der Waals surface area contributed by atoms with Crippen LogP contribution in [0.4, 0.5) is 11.6 Å². The highest BCUT2D eigenvalue weighted by Gasteiger charge is 2.15. The van der Waals surface area contributed by atoms with Crippen molar-refractivity contribution in [1.82, 2.24) is 29.7 Å². The van der Waals surface area contributed by atoms with Gasteiger partial charge in [-0.15, -0.1) is 0 Å². The van der Waals surface area contributed by atoms with Crippen LogP contribution in [-0.4, -0.2) is 98.9 Å². The first-order valence-corrected chi connectivity index (χ1v) is 22.7. The number of nitrogens with two attached hydrogens (primary N) is 2.